The molecule has 26 heavy (non-hydrogen) atoms. The van der Waals surface area contributed by atoms with E-state index >= 15 is 0 Å². The summed E-state index contributed by atoms with van der Waals surface area (Å²) in [6.07, 6.45) is 3.41. The van der Waals surface area contributed by atoms with E-state index in [0.29, 0.717) is 18.1 Å². The first-order valence-corrected chi connectivity index (χ1v) is 9.22. The van der Waals surface area contributed by atoms with Gasteiger partial charge in [0.05, 0.1) is 24.3 Å². The van der Waals surface area contributed by atoms with Crippen molar-refractivity contribution in [3.8, 4) is 0 Å². The van der Waals surface area contributed by atoms with E-state index in [9.17, 15) is 4.79 Å². The highest BCUT2D eigenvalue weighted by Crippen LogP contribution is 2.48. The average molecular weight is 376 g/mol. The van der Waals surface area contributed by atoms with Gasteiger partial charge in [0.2, 0.25) is 5.91 Å². The van der Waals surface area contributed by atoms with Crippen molar-refractivity contribution in [2.45, 2.75) is 31.3 Å². The molecule has 1 aromatic heterocycles. The Labute approximate surface area is 157 Å². The normalized spacial score (nSPS) is 19.3. The van der Waals surface area contributed by atoms with Crippen LogP contribution in [0.1, 0.15) is 24.1 Å². The summed E-state index contributed by atoms with van der Waals surface area (Å²) in [6.45, 7) is 2.84. The molecule has 1 N–H and O–H groups in total. The number of benzene rings is 1. The molecule has 2 aliphatic heterocycles. The third-order valence-corrected chi connectivity index (χ3v) is 5.80. The van der Waals surface area contributed by atoms with Crippen LogP contribution in [0.4, 0.5) is 5.69 Å². The third-order valence-electron chi connectivity index (χ3n) is 5.56. The number of amides is 1. The Balaban J connectivity index is 1.49. The van der Waals surface area contributed by atoms with Gasteiger partial charge in [-0.2, -0.15) is 0 Å². The molecule has 138 valence electrons. The van der Waals surface area contributed by atoms with Crippen LogP contribution in [0.3, 0.4) is 0 Å². The first-order valence-electron chi connectivity index (χ1n) is 8.84. The number of likely N-dealkylation sites (tertiary alicyclic amines) is 1. The number of hydrogen-bond donors (Lipinski definition) is 1. The van der Waals surface area contributed by atoms with E-state index in [1.165, 1.54) is 0 Å². The van der Waals surface area contributed by atoms with Crippen LogP contribution in [0.5, 0.6) is 0 Å². The first kappa shape index (κ1) is 17.5. The highest BCUT2D eigenvalue weighted by atomic mass is 35.5. The Morgan fingerprint density at radius 3 is 2.81 bits per heavy atom. The van der Waals surface area contributed by atoms with Gasteiger partial charge in [-0.15, -0.1) is 5.10 Å². The van der Waals surface area contributed by atoms with Crippen LogP contribution in [0.2, 0.25) is 5.02 Å². The van der Waals surface area contributed by atoms with Crippen LogP contribution in [-0.2, 0) is 23.3 Å². The molecular weight excluding hydrogens is 354 g/mol. The predicted octanol–water partition coefficient (Wildman–Crippen LogP) is 1.43. The molecule has 2 aromatic rings. The minimum absolute atomic E-state index is 0.0482. The fourth-order valence-electron chi connectivity index (χ4n) is 4.16. The fraction of sp³-hybridized carbons (Fsp3) is 0.500. The number of hydrogen-bond acceptors (Lipinski definition) is 5. The van der Waals surface area contributed by atoms with Crippen molar-refractivity contribution in [2.24, 2.45) is 0 Å². The minimum Gasteiger partial charge on any atom is -0.394 e. The Hall–Kier alpha value is -1.96. The zero-order valence-corrected chi connectivity index (χ0v) is 15.5. The number of aliphatic hydroxyl groups excluding tert-OH is 1. The largest absolute Gasteiger partial charge is 0.394 e. The lowest BCUT2D eigenvalue weighted by Crippen LogP contribution is -2.47. The molecule has 0 saturated carbocycles. The Morgan fingerprint density at radius 2 is 2.08 bits per heavy atom. The van der Waals surface area contributed by atoms with Gasteiger partial charge in [0.25, 0.3) is 0 Å². The van der Waals surface area contributed by atoms with Gasteiger partial charge >= 0.3 is 0 Å². The molecule has 0 radical (unpaired) electrons. The lowest BCUT2D eigenvalue weighted by Gasteiger charge is -2.38. The highest BCUT2D eigenvalue weighted by molar-refractivity contribution is 6.31. The van der Waals surface area contributed by atoms with Gasteiger partial charge in [-0.05, 0) is 49.7 Å². The monoisotopic (exact) mass is 375 g/mol. The number of fused-ring (bicyclic) bond motifs is 2. The molecule has 4 rings (SSSR count). The van der Waals surface area contributed by atoms with Crippen LogP contribution in [0.25, 0.3) is 0 Å². The van der Waals surface area contributed by atoms with Crippen molar-refractivity contribution in [1.82, 2.24) is 19.9 Å². The molecular formula is C18H22ClN5O2. The Bertz CT molecular complexity index is 829. The SMILES string of the molecule is CN1C(=O)C2(CCN(Cc3cn(CCO)nn3)CC2)c2cc(Cl)ccc21. The average Bonchev–Trinajstić information content (AvgIpc) is 3.15. The number of likely N-dealkylation sites (N-methyl/N-ethyl adjacent to an activating group) is 1. The molecule has 0 unspecified atom stereocenters. The maximum Gasteiger partial charge on any atom is 0.237 e. The van der Waals surface area contributed by atoms with Gasteiger partial charge in [0.15, 0.2) is 0 Å². The summed E-state index contributed by atoms with van der Waals surface area (Å²) >= 11 is 6.21. The van der Waals surface area contributed by atoms with Crippen molar-refractivity contribution in [3.63, 3.8) is 0 Å². The standard InChI is InChI=1S/C18H22ClN5O2/c1-22-16-3-2-13(19)10-15(16)18(17(22)26)4-6-23(7-5-18)11-14-12-24(8-9-25)21-20-14/h2-3,10,12,25H,4-9,11H2,1H3. The summed E-state index contributed by atoms with van der Waals surface area (Å²) in [7, 11) is 1.84. The molecule has 0 atom stereocenters. The second-order valence-corrected chi connectivity index (χ2v) is 7.52. The summed E-state index contributed by atoms with van der Waals surface area (Å²) in [5.74, 6) is 0.170. The summed E-state index contributed by atoms with van der Waals surface area (Å²) in [6, 6.07) is 5.73. The van der Waals surface area contributed by atoms with E-state index in [4.69, 9.17) is 16.7 Å². The fourth-order valence-corrected chi connectivity index (χ4v) is 4.33. The molecule has 0 aliphatic carbocycles. The zero-order valence-electron chi connectivity index (χ0n) is 14.7. The second kappa shape index (κ2) is 6.64. The molecule has 1 fully saturated rings. The number of carbonyl (C=O) groups is 1. The molecule has 2 aliphatic rings. The van der Waals surface area contributed by atoms with E-state index in [-0.39, 0.29) is 12.5 Å². The van der Waals surface area contributed by atoms with Gasteiger partial charge in [-0.25, -0.2) is 4.68 Å². The van der Waals surface area contributed by atoms with Gasteiger partial charge in [0.1, 0.15) is 0 Å². The van der Waals surface area contributed by atoms with Crippen LogP contribution < -0.4 is 4.90 Å². The second-order valence-electron chi connectivity index (χ2n) is 7.08. The van der Waals surface area contributed by atoms with E-state index in [0.717, 1.165) is 42.9 Å². The number of halogens is 1. The number of rotatable bonds is 4. The number of aromatic nitrogens is 3. The summed E-state index contributed by atoms with van der Waals surface area (Å²) < 4.78 is 1.65. The van der Waals surface area contributed by atoms with E-state index < -0.39 is 5.41 Å². The molecule has 0 bridgehead atoms. The van der Waals surface area contributed by atoms with Crippen molar-refractivity contribution in [3.05, 3.63) is 40.7 Å². The quantitative estimate of drug-likeness (QED) is 0.875. The third kappa shape index (κ3) is 2.80. The van der Waals surface area contributed by atoms with E-state index in [2.05, 4.69) is 15.2 Å². The predicted molar refractivity (Wildman–Crippen MR) is 98.2 cm³/mol. The van der Waals surface area contributed by atoms with Gasteiger partial charge in [-0.1, -0.05) is 16.8 Å². The maximum atomic E-state index is 13.0. The number of aliphatic hydroxyl groups is 1. The van der Waals surface area contributed by atoms with Gasteiger partial charge in [0, 0.05) is 30.5 Å². The Kier molecular flexibility index (Phi) is 4.46. The molecule has 8 heteroatoms. The molecule has 1 spiro atoms. The van der Waals surface area contributed by atoms with Crippen molar-refractivity contribution in [2.75, 3.05) is 31.6 Å². The summed E-state index contributed by atoms with van der Waals surface area (Å²) in [4.78, 5) is 17.1. The summed E-state index contributed by atoms with van der Waals surface area (Å²) in [5, 5.41) is 17.8. The van der Waals surface area contributed by atoms with Crippen molar-refractivity contribution in [1.29, 1.82) is 0 Å². The first-order chi connectivity index (χ1) is 12.5. The molecule has 7 nitrogen and oxygen atoms in total. The van der Waals surface area contributed by atoms with Crippen LogP contribution in [0, 0.1) is 0 Å². The number of anilines is 1. The van der Waals surface area contributed by atoms with E-state index in [1.54, 1.807) is 9.58 Å². The lowest BCUT2D eigenvalue weighted by atomic mass is 9.73. The van der Waals surface area contributed by atoms with Crippen LogP contribution in [-0.4, -0.2) is 57.7 Å². The summed E-state index contributed by atoms with van der Waals surface area (Å²) in [5.41, 5.74) is 2.46. The molecule has 1 amide bonds. The number of nitrogens with zero attached hydrogens (tertiary/aromatic N) is 5. The van der Waals surface area contributed by atoms with Crippen LogP contribution in [0.15, 0.2) is 24.4 Å². The molecule has 1 saturated heterocycles. The number of carbonyl (C=O) groups excluding carboxylic acids is 1. The zero-order chi connectivity index (χ0) is 18.3. The van der Waals surface area contributed by atoms with E-state index in [1.807, 2.05) is 31.4 Å². The van der Waals surface area contributed by atoms with Crippen LogP contribution >= 0.6 is 11.6 Å². The molecule has 1 aromatic carbocycles. The minimum atomic E-state index is -0.458. The Morgan fingerprint density at radius 1 is 1.31 bits per heavy atom. The van der Waals surface area contributed by atoms with Crippen molar-refractivity contribution < 1.29 is 9.90 Å². The van der Waals surface area contributed by atoms with Crippen molar-refractivity contribution >= 4 is 23.2 Å². The lowest BCUT2D eigenvalue weighted by molar-refractivity contribution is -0.124. The highest BCUT2D eigenvalue weighted by Gasteiger charge is 2.50. The maximum absolute atomic E-state index is 13.0. The van der Waals surface area contributed by atoms with Gasteiger partial charge in [-0.3, -0.25) is 9.69 Å². The molecule has 3 heterocycles. The van der Waals surface area contributed by atoms with Gasteiger partial charge < -0.3 is 10.0 Å². The number of piperidine rings is 1. The smallest absolute Gasteiger partial charge is 0.237 e. The topological polar surface area (TPSA) is 74.5 Å².